The number of urea groups is 1. The number of nitrogens with zero attached hydrogens (tertiary/aromatic N) is 1. The molecule has 0 aliphatic carbocycles. The van der Waals surface area contributed by atoms with Crippen LogP contribution in [0.4, 0.5) is 9.59 Å². The number of hydrogen-bond acceptors (Lipinski definition) is 3. The van der Waals surface area contributed by atoms with Gasteiger partial charge in [0.2, 0.25) is 0 Å². The number of nitrogens with two attached hydrogens (primary N) is 1. The van der Waals surface area contributed by atoms with Crippen LogP contribution in [0.3, 0.4) is 0 Å². The largest absolute Gasteiger partial charge is 0.442 e. The van der Waals surface area contributed by atoms with Gasteiger partial charge in [0.1, 0.15) is 5.60 Å². The van der Waals surface area contributed by atoms with Crippen molar-refractivity contribution in [3.05, 3.63) is 0 Å². The van der Waals surface area contributed by atoms with E-state index in [1.807, 2.05) is 0 Å². The predicted molar refractivity (Wildman–Crippen MR) is 46.7 cm³/mol. The molecule has 0 heterocycles. The maximum absolute atomic E-state index is 11.1. The van der Waals surface area contributed by atoms with Crippen LogP contribution in [0.5, 0.6) is 0 Å². The highest BCUT2D eigenvalue weighted by molar-refractivity contribution is 5.76. The zero-order valence-corrected chi connectivity index (χ0v) is 8.25. The fraction of sp³-hybridized carbons (Fsp3) is 0.714. The average molecular weight is 189 g/mol. The Labute approximate surface area is 77.0 Å². The highest BCUT2D eigenvalue weighted by atomic mass is 16.6. The van der Waals surface area contributed by atoms with E-state index in [-0.39, 0.29) is 0 Å². The normalized spacial score (nSPS) is 10.5. The standard InChI is InChI=1S/C7H15N3O3/c1-7(2,3)13-6(12)10(4)9-5(8)11/h1-4H3,(H3,8,9,11). The molecule has 76 valence electrons. The molecule has 0 aromatic rings. The van der Waals surface area contributed by atoms with Crippen LogP contribution < -0.4 is 11.2 Å². The fourth-order valence-electron chi connectivity index (χ4n) is 0.541. The molecule has 0 radical (unpaired) electrons. The molecule has 0 aromatic carbocycles. The van der Waals surface area contributed by atoms with E-state index in [2.05, 4.69) is 5.43 Å². The Kier molecular flexibility index (Phi) is 3.53. The number of rotatable bonds is 0. The SMILES string of the molecule is CN(NC(N)=O)C(=O)OC(C)(C)C. The molecule has 6 nitrogen and oxygen atoms in total. The van der Waals surface area contributed by atoms with Crippen LogP contribution in [0.15, 0.2) is 0 Å². The molecule has 6 heteroatoms. The second kappa shape index (κ2) is 3.97. The van der Waals surface area contributed by atoms with Gasteiger partial charge in [0.15, 0.2) is 0 Å². The van der Waals surface area contributed by atoms with Crippen LogP contribution in [0.1, 0.15) is 20.8 Å². The van der Waals surface area contributed by atoms with E-state index in [0.29, 0.717) is 0 Å². The molecule has 0 rings (SSSR count). The van der Waals surface area contributed by atoms with E-state index in [1.54, 1.807) is 20.8 Å². The fourth-order valence-corrected chi connectivity index (χ4v) is 0.541. The van der Waals surface area contributed by atoms with E-state index in [1.165, 1.54) is 7.05 Å². The molecule has 0 aromatic heterocycles. The summed E-state index contributed by atoms with van der Waals surface area (Å²) in [5, 5.41) is 0.883. The van der Waals surface area contributed by atoms with E-state index in [0.717, 1.165) is 5.01 Å². The number of hydrazine groups is 1. The number of amides is 3. The topological polar surface area (TPSA) is 84.7 Å². The molecule has 0 aliphatic rings. The number of primary amides is 1. The van der Waals surface area contributed by atoms with Gasteiger partial charge >= 0.3 is 12.1 Å². The summed E-state index contributed by atoms with van der Waals surface area (Å²) in [7, 11) is 1.35. The molecule has 13 heavy (non-hydrogen) atoms. The molecular formula is C7H15N3O3. The summed E-state index contributed by atoms with van der Waals surface area (Å²) in [5.41, 5.74) is 6.27. The van der Waals surface area contributed by atoms with Gasteiger partial charge in [0.25, 0.3) is 0 Å². The van der Waals surface area contributed by atoms with Gasteiger partial charge < -0.3 is 10.5 Å². The van der Waals surface area contributed by atoms with Gasteiger partial charge in [-0.15, -0.1) is 0 Å². The van der Waals surface area contributed by atoms with Crippen molar-refractivity contribution in [2.75, 3.05) is 7.05 Å². The number of ether oxygens (including phenoxy) is 1. The highest BCUT2D eigenvalue weighted by Crippen LogP contribution is 2.07. The van der Waals surface area contributed by atoms with Gasteiger partial charge in [0, 0.05) is 7.05 Å². The van der Waals surface area contributed by atoms with Crippen molar-refractivity contribution in [1.82, 2.24) is 10.4 Å². The summed E-state index contributed by atoms with van der Waals surface area (Å²) in [6.45, 7) is 5.18. The molecule has 3 N–H and O–H groups in total. The molecule has 0 spiro atoms. The predicted octanol–water partition coefficient (Wildman–Crippen LogP) is 0.437. The summed E-state index contributed by atoms with van der Waals surface area (Å²) in [4.78, 5) is 21.5. The van der Waals surface area contributed by atoms with Crippen LogP contribution >= 0.6 is 0 Å². The van der Waals surface area contributed by atoms with Crippen molar-refractivity contribution in [2.24, 2.45) is 5.73 Å². The van der Waals surface area contributed by atoms with Crippen LogP contribution in [0.25, 0.3) is 0 Å². The maximum Gasteiger partial charge on any atom is 0.428 e. The van der Waals surface area contributed by atoms with Crippen molar-refractivity contribution in [1.29, 1.82) is 0 Å². The molecule has 0 saturated carbocycles. The van der Waals surface area contributed by atoms with Gasteiger partial charge in [-0.2, -0.15) is 0 Å². The molecule has 0 fully saturated rings. The molecule has 0 atom stereocenters. The lowest BCUT2D eigenvalue weighted by Gasteiger charge is -2.24. The lowest BCUT2D eigenvalue weighted by Crippen LogP contribution is -2.47. The van der Waals surface area contributed by atoms with Crippen molar-refractivity contribution in [3.8, 4) is 0 Å². The smallest absolute Gasteiger partial charge is 0.428 e. The number of carbonyl (C=O) groups excluding carboxylic acids is 2. The summed E-state index contributed by atoms with van der Waals surface area (Å²) in [6.07, 6.45) is -0.661. The molecule has 0 bridgehead atoms. The Balaban J connectivity index is 4.05. The van der Waals surface area contributed by atoms with E-state index in [9.17, 15) is 9.59 Å². The third-order valence-electron chi connectivity index (χ3n) is 0.945. The third kappa shape index (κ3) is 5.77. The number of nitrogens with one attached hydrogen (secondary N) is 1. The van der Waals surface area contributed by atoms with Gasteiger partial charge in [-0.05, 0) is 20.8 Å². The Morgan fingerprint density at radius 2 is 1.85 bits per heavy atom. The molecule has 0 unspecified atom stereocenters. The lowest BCUT2D eigenvalue weighted by molar-refractivity contribution is 0.0232. The first-order chi connectivity index (χ1) is 5.72. The quantitative estimate of drug-likeness (QED) is 0.542. The first-order valence-electron chi connectivity index (χ1n) is 3.75. The van der Waals surface area contributed by atoms with E-state index in [4.69, 9.17) is 10.5 Å². The minimum atomic E-state index is -0.812. The summed E-state index contributed by atoms with van der Waals surface area (Å²) in [5.74, 6) is 0. The van der Waals surface area contributed by atoms with Crippen molar-refractivity contribution >= 4 is 12.1 Å². The number of carbonyl (C=O) groups is 2. The van der Waals surface area contributed by atoms with E-state index < -0.39 is 17.7 Å². The van der Waals surface area contributed by atoms with Crippen LogP contribution in [-0.2, 0) is 4.74 Å². The molecular weight excluding hydrogens is 174 g/mol. The summed E-state index contributed by atoms with van der Waals surface area (Å²) < 4.78 is 4.92. The van der Waals surface area contributed by atoms with Gasteiger partial charge in [-0.1, -0.05) is 0 Å². The maximum atomic E-state index is 11.1. The van der Waals surface area contributed by atoms with Gasteiger partial charge in [-0.3, -0.25) is 0 Å². The molecule has 0 aliphatic heterocycles. The Morgan fingerprint density at radius 1 is 1.38 bits per heavy atom. The van der Waals surface area contributed by atoms with Gasteiger partial charge in [0.05, 0.1) is 0 Å². The van der Waals surface area contributed by atoms with Gasteiger partial charge in [-0.25, -0.2) is 20.0 Å². The second-order valence-electron chi connectivity index (χ2n) is 3.52. The molecule has 0 saturated heterocycles. The van der Waals surface area contributed by atoms with Crippen molar-refractivity contribution < 1.29 is 14.3 Å². The first-order valence-corrected chi connectivity index (χ1v) is 3.75. The third-order valence-corrected chi connectivity index (χ3v) is 0.945. The summed E-state index contributed by atoms with van der Waals surface area (Å²) in [6, 6.07) is -0.812. The Bertz CT molecular complexity index is 210. The molecule has 3 amide bonds. The second-order valence-corrected chi connectivity index (χ2v) is 3.52. The minimum Gasteiger partial charge on any atom is -0.442 e. The number of hydrogen-bond donors (Lipinski definition) is 2. The zero-order valence-electron chi connectivity index (χ0n) is 8.25. The van der Waals surface area contributed by atoms with Crippen LogP contribution in [0, 0.1) is 0 Å². The lowest BCUT2D eigenvalue weighted by atomic mass is 10.2. The Morgan fingerprint density at radius 3 is 2.15 bits per heavy atom. The highest BCUT2D eigenvalue weighted by Gasteiger charge is 2.19. The van der Waals surface area contributed by atoms with Crippen molar-refractivity contribution in [2.45, 2.75) is 26.4 Å². The summed E-state index contributed by atoms with van der Waals surface area (Å²) >= 11 is 0. The zero-order chi connectivity index (χ0) is 10.6. The van der Waals surface area contributed by atoms with E-state index >= 15 is 0 Å². The monoisotopic (exact) mass is 189 g/mol. The average Bonchev–Trinajstić information content (AvgIpc) is 1.81. The van der Waals surface area contributed by atoms with Crippen LogP contribution in [0.2, 0.25) is 0 Å². The Hall–Kier alpha value is -1.46. The minimum absolute atomic E-state index is 0.593. The van der Waals surface area contributed by atoms with Crippen molar-refractivity contribution in [3.63, 3.8) is 0 Å². The first kappa shape index (κ1) is 11.5. The van der Waals surface area contributed by atoms with Crippen LogP contribution in [-0.4, -0.2) is 29.8 Å².